The van der Waals surface area contributed by atoms with E-state index in [4.69, 9.17) is 15.2 Å². The fourth-order valence-electron chi connectivity index (χ4n) is 2.64. The average molecular weight is 258 g/mol. The second kappa shape index (κ2) is 7.07. The molecule has 0 aromatic heterocycles. The summed E-state index contributed by atoms with van der Waals surface area (Å²) in [4.78, 5) is 11.8. The van der Waals surface area contributed by atoms with Gasteiger partial charge in [0.1, 0.15) is 5.54 Å². The summed E-state index contributed by atoms with van der Waals surface area (Å²) in [5, 5.41) is 3.33. The molecule has 5 nitrogen and oxygen atoms in total. The number of nitrogens with one attached hydrogen (secondary N) is 1. The third-order valence-corrected chi connectivity index (χ3v) is 3.38. The molecule has 1 saturated carbocycles. The van der Waals surface area contributed by atoms with Crippen molar-refractivity contribution in [3.8, 4) is 0 Å². The second-order valence-corrected chi connectivity index (χ2v) is 5.33. The van der Waals surface area contributed by atoms with E-state index in [-0.39, 0.29) is 18.1 Å². The third kappa shape index (κ3) is 4.23. The minimum atomic E-state index is -0.607. The molecular weight excluding hydrogens is 232 g/mol. The van der Waals surface area contributed by atoms with E-state index in [0.717, 1.165) is 19.3 Å². The summed E-state index contributed by atoms with van der Waals surface area (Å²) in [6.07, 6.45) is 3.49. The van der Waals surface area contributed by atoms with Gasteiger partial charge in [-0.1, -0.05) is 0 Å². The Kier molecular flexibility index (Phi) is 6.05. The molecule has 0 radical (unpaired) electrons. The van der Waals surface area contributed by atoms with Gasteiger partial charge < -0.3 is 20.5 Å². The normalized spacial score (nSPS) is 28.6. The molecule has 5 heteroatoms. The van der Waals surface area contributed by atoms with Crippen molar-refractivity contribution in [2.75, 3.05) is 20.3 Å². The van der Waals surface area contributed by atoms with E-state index in [1.54, 1.807) is 7.11 Å². The van der Waals surface area contributed by atoms with Crippen LogP contribution in [0.15, 0.2) is 0 Å². The lowest BCUT2D eigenvalue weighted by atomic mass is 9.79. The fourth-order valence-corrected chi connectivity index (χ4v) is 2.64. The van der Waals surface area contributed by atoms with Crippen LogP contribution in [0, 0.1) is 0 Å². The van der Waals surface area contributed by atoms with E-state index >= 15 is 0 Å². The second-order valence-electron chi connectivity index (χ2n) is 5.33. The molecular formula is C13H26N2O3. The van der Waals surface area contributed by atoms with E-state index in [9.17, 15) is 4.79 Å². The van der Waals surface area contributed by atoms with Crippen molar-refractivity contribution in [1.29, 1.82) is 0 Å². The van der Waals surface area contributed by atoms with Gasteiger partial charge in [-0.2, -0.15) is 0 Å². The molecule has 0 aromatic rings. The van der Waals surface area contributed by atoms with Gasteiger partial charge in [-0.3, -0.25) is 4.79 Å². The first-order valence-electron chi connectivity index (χ1n) is 6.68. The van der Waals surface area contributed by atoms with Gasteiger partial charge in [-0.25, -0.2) is 0 Å². The van der Waals surface area contributed by atoms with E-state index in [0.29, 0.717) is 19.6 Å². The number of hydrogen-bond donors (Lipinski definition) is 2. The number of methoxy groups -OCH3 is 1. The molecule has 1 rings (SSSR count). The molecule has 1 aliphatic carbocycles. The van der Waals surface area contributed by atoms with Crippen molar-refractivity contribution in [3.05, 3.63) is 0 Å². The number of amides is 1. The van der Waals surface area contributed by atoms with Crippen LogP contribution in [-0.2, 0) is 14.3 Å². The Labute approximate surface area is 109 Å². The van der Waals surface area contributed by atoms with Crippen molar-refractivity contribution in [2.24, 2.45) is 5.73 Å². The molecule has 0 heterocycles. The molecule has 1 amide bonds. The fraction of sp³-hybridized carbons (Fsp3) is 0.923. The minimum absolute atomic E-state index is 0.0904. The summed E-state index contributed by atoms with van der Waals surface area (Å²) in [6, 6.07) is 0.232. The Bertz CT molecular complexity index is 271. The van der Waals surface area contributed by atoms with Gasteiger partial charge in [0.25, 0.3) is 0 Å². The van der Waals surface area contributed by atoms with Gasteiger partial charge in [0.05, 0.1) is 19.3 Å². The SMILES string of the molecule is COCCOC1CCCC(NC(C)C)(C(N)=O)C1. The summed E-state index contributed by atoms with van der Waals surface area (Å²) in [5.74, 6) is -0.267. The zero-order valence-corrected chi connectivity index (χ0v) is 11.7. The number of carbonyl (C=O) groups is 1. The van der Waals surface area contributed by atoms with Crippen LogP contribution < -0.4 is 11.1 Å². The number of carbonyl (C=O) groups excluding carboxylic acids is 1. The van der Waals surface area contributed by atoms with Gasteiger partial charge >= 0.3 is 0 Å². The van der Waals surface area contributed by atoms with Crippen LogP contribution in [0.5, 0.6) is 0 Å². The van der Waals surface area contributed by atoms with Crippen molar-refractivity contribution in [2.45, 2.75) is 57.2 Å². The zero-order chi connectivity index (χ0) is 13.6. The van der Waals surface area contributed by atoms with Gasteiger partial charge in [0.2, 0.25) is 5.91 Å². The number of hydrogen-bond acceptors (Lipinski definition) is 4. The predicted octanol–water partition coefficient (Wildman–Crippen LogP) is 0.814. The quantitative estimate of drug-likeness (QED) is 0.663. The minimum Gasteiger partial charge on any atom is -0.382 e. The van der Waals surface area contributed by atoms with E-state index in [1.807, 2.05) is 13.8 Å². The average Bonchev–Trinajstić information content (AvgIpc) is 2.28. The van der Waals surface area contributed by atoms with Crippen molar-refractivity contribution < 1.29 is 14.3 Å². The highest BCUT2D eigenvalue weighted by Gasteiger charge is 2.41. The highest BCUT2D eigenvalue weighted by Crippen LogP contribution is 2.30. The Morgan fingerprint density at radius 1 is 1.50 bits per heavy atom. The van der Waals surface area contributed by atoms with Crippen LogP contribution in [0.25, 0.3) is 0 Å². The lowest BCUT2D eigenvalue weighted by Crippen LogP contribution is -2.60. The lowest BCUT2D eigenvalue weighted by molar-refractivity contribution is -0.129. The van der Waals surface area contributed by atoms with Crippen LogP contribution in [0.4, 0.5) is 0 Å². The molecule has 2 unspecified atom stereocenters. The van der Waals surface area contributed by atoms with Crippen molar-refractivity contribution in [3.63, 3.8) is 0 Å². The molecule has 18 heavy (non-hydrogen) atoms. The molecule has 0 bridgehead atoms. The number of ether oxygens (including phenoxy) is 2. The largest absolute Gasteiger partial charge is 0.382 e. The molecule has 2 atom stereocenters. The molecule has 0 aliphatic heterocycles. The molecule has 3 N–H and O–H groups in total. The van der Waals surface area contributed by atoms with Crippen LogP contribution in [0.2, 0.25) is 0 Å². The van der Waals surface area contributed by atoms with E-state index in [2.05, 4.69) is 5.32 Å². The first-order valence-corrected chi connectivity index (χ1v) is 6.68. The topological polar surface area (TPSA) is 73.6 Å². The molecule has 1 fully saturated rings. The molecule has 1 aliphatic rings. The third-order valence-electron chi connectivity index (χ3n) is 3.38. The predicted molar refractivity (Wildman–Crippen MR) is 70.3 cm³/mol. The number of rotatable bonds is 7. The number of primary amides is 1. The summed E-state index contributed by atoms with van der Waals surface area (Å²) >= 11 is 0. The summed E-state index contributed by atoms with van der Waals surface area (Å²) in [7, 11) is 1.65. The van der Waals surface area contributed by atoms with E-state index < -0.39 is 5.54 Å². The first kappa shape index (κ1) is 15.4. The van der Waals surface area contributed by atoms with Gasteiger partial charge in [-0.05, 0) is 33.1 Å². The molecule has 0 saturated heterocycles. The maximum atomic E-state index is 11.8. The highest BCUT2D eigenvalue weighted by molar-refractivity contribution is 5.84. The molecule has 0 spiro atoms. The number of nitrogens with two attached hydrogens (primary N) is 1. The van der Waals surface area contributed by atoms with E-state index in [1.165, 1.54) is 0 Å². The Morgan fingerprint density at radius 2 is 2.22 bits per heavy atom. The van der Waals surface area contributed by atoms with Gasteiger partial charge in [0.15, 0.2) is 0 Å². The van der Waals surface area contributed by atoms with Gasteiger partial charge in [-0.15, -0.1) is 0 Å². The van der Waals surface area contributed by atoms with Crippen molar-refractivity contribution in [1.82, 2.24) is 5.32 Å². The maximum absolute atomic E-state index is 11.8. The lowest BCUT2D eigenvalue weighted by Gasteiger charge is -2.40. The standard InChI is InChI=1S/C13H26N2O3/c1-10(2)15-13(12(14)16)6-4-5-11(9-13)18-8-7-17-3/h10-11,15H,4-9H2,1-3H3,(H2,14,16). The zero-order valence-electron chi connectivity index (χ0n) is 11.7. The summed E-state index contributed by atoms with van der Waals surface area (Å²) < 4.78 is 10.7. The summed E-state index contributed by atoms with van der Waals surface area (Å²) in [6.45, 7) is 5.20. The van der Waals surface area contributed by atoms with Crippen LogP contribution in [0.1, 0.15) is 39.5 Å². The Morgan fingerprint density at radius 3 is 2.78 bits per heavy atom. The summed E-state index contributed by atoms with van der Waals surface area (Å²) in [5.41, 5.74) is 4.98. The van der Waals surface area contributed by atoms with Crippen LogP contribution in [0.3, 0.4) is 0 Å². The monoisotopic (exact) mass is 258 g/mol. The smallest absolute Gasteiger partial charge is 0.237 e. The molecule has 0 aromatic carbocycles. The highest BCUT2D eigenvalue weighted by atomic mass is 16.5. The maximum Gasteiger partial charge on any atom is 0.237 e. The van der Waals surface area contributed by atoms with Crippen LogP contribution >= 0.6 is 0 Å². The Balaban J connectivity index is 2.59. The van der Waals surface area contributed by atoms with Gasteiger partial charge in [0, 0.05) is 19.6 Å². The first-order chi connectivity index (χ1) is 8.50. The van der Waals surface area contributed by atoms with Crippen molar-refractivity contribution >= 4 is 5.91 Å². The molecule has 106 valence electrons. The van der Waals surface area contributed by atoms with Crippen LogP contribution in [-0.4, -0.2) is 43.9 Å². The Hall–Kier alpha value is -0.650.